The monoisotopic (exact) mass is 294 g/mol. The van der Waals surface area contributed by atoms with Crippen LogP contribution in [-0.2, 0) is 4.74 Å². The minimum Gasteiger partial charge on any atom is -0.382 e. The number of nitriles is 1. The van der Waals surface area contributed by atoms with Crippen molar-refractivity contribution in [2.45, 2.75) is 31.9 Å². The van der Waals surface area contributed by atoms with Gasteiger partial charge in [0.25, 0.3) is 0 Å². The fourth-order valence-electron chi connectivity index (χ4n) is 2.06. The molecular formula is C13H15BrN2O. The van der Waals surface area contributed by atoms with Gasteiger partial charge < -0.3 is 10.1 Å². The number of halogens is 1. The molecule has 3 nitrogen and oxygen atoms in total. The average Bonchev–Trinajstić information content (AvgIpc) is 2.29. The smallest absolute Gasteiger partial charge is 0.100 e. The van der Waals surface area contributed by atoms with E-state index in [0.29, 0.717) is 17.7 Å². The van der Waals surface area contributed by atoms with Crippen molar-refractivity contribution in [3.05, 3.63) is 28.2 Å². The van der Waals surface area contributed by atoms with Gasteiger partial charge in [0.2, 0.25) is 0 Å². The Morgan fingerprint density at radius 1 is 1.53 bits per heavy atom. The van der Waals surface area contributed by atoms with Crippen LogP contribution in [0.4, 0.5) is 5.69 Å². The zero-order chi connectivity index (χ0) is 12.3. The number of benzene rings is 1. The molecule has 1 aliphatic heterocycles. The molecule has 4 heteroatoms. The molecule has 0 bridgehead atoms. The standard InChI is InChI=1S/C13H15BrN2O/c1-9-6-12(4-5-17-9)16-11-3-2-10(8-15)13(14)7-11/h2-3,7,9,12,16H,4-6H2,1H3. The van der Waals surface area contributed by atoms with E-state index in [-0.39, 0.29) is 0 Å². The van der Waals surface area contributed by atoms with Crippen LogP contribution in [0.3, 0.4) is 0 Å². The Balaban J connectivity index is 2.04. The Labute approximate surface area is 110 Å². The lowest BCUT2D eigenvalue weighted by molar-refractivity contribution is 0.0232. The number of hydrogen-bond acceptors (Lipinski definition) is 3. The Kier molecular flexibility index (Phi) is 4.03. The van der Waals surface area contributed by atoms with Crippen molar-refractivity contribution in [2.75, 3.05) is 11.9 Å². The van der Waals surface area contributed by atoms with Gasteiger partial charge in [-0.15, -0.1) is 0 Å². The molecule has 17 heavy (non-hydrogen) atoms. The largest absolute Gasteiger partial charge is 0.382 e. The molecule has 90 valence electrons. The van der Waals surface area contributed by atoms with Gasteiger partial charge in [0.1, 0.15) is 6.07 Å². The van der Waals surface area contributed by atoms with E-state index in [2.05, 4.69) is 34.2 Å². The molecule has 0 spiro atoms. The van der Waals surface area contributed by atoms with Gasteiger partial charge in [0.15, 0.2) is 0 Å². The third kappa shape index (κ3) is 3.21. The molecule has 0 saturated carbocycles. The first kappa shape index (κ1) is 12.4. The molecule has 0 aliphatic carbocycles. The van der Waals surface area contributed by atoms with Crippen molar-refractivity contribution in [3.63, 3.8) is 0 Å². The first-order chi connectivity index (χ1) is 8.19. The van der Waals surface area contributed by atoms with Crippen LogP contribution in [0, 0.1) is 11.3 Å². The van der Waals surface area contributed by atoms with Crippen LogP contribution >= 0.6 is 15.9 Å². The third-order valence-electron chi connectivity index (χ3n) is 2.95. The van der Waals surface area contributed by atoms with Crippen LogP contribution in [0.2, 0.25) is 0 Å². The van der Waals surface area contributed by atoms with Gasteiger partial charge in [-0.2, -0.15) is 5.26 Å². The summed E-state index contributed by atoms with van der Waals surface area (Å²) in [7, 11) is 0. The van der Waals surface area contributed by atoms with Crippen molar-refractivity contribution < 1.29 is 4.74 Å². The zero-order valence-corrected chi connectivity index (χ0v) is 11.3. The number of anilines is 1. The molecule has 1 aliphatic rings. The number of ether oxygens (including phenoxy) is 1. The van der Waals surface area contributed by atoms with Crippen LogP contribution in [0.15, 0.2) is 22.7 Å². The summed E-state index contributed by atoms with van der Waals surface area (Å²) in [6, 6.07) is 8.33. The molecule has 1 saturated heterocycles. The molecule has 0 radical (unpaired) electrons. The predicted octanol–water partition coefficient (Wildman–Crippen LogP) is 3.30. The fourth-order valence-corrected chi connectivity index (χ4v) is 2.53. The van der Waals surface area contributed by atoms with Crippen molar-refractivity contribution in [1.29, 1.82) is 5.26 Å². The summed E-state index contributed by atoms with van der Waals surface area (Å²) >= 11 is 3.40. The van der Waals surface area contributed by atoms with E-state index in [9.17, 15) is 0 Å². The van der Waals surface area contributed by atoms with Crippen molar-refractivity contribution >= 4 is 21.6 Å². The highest BCUT2D eigenvalue weighted by atomic mass is 79.9. The Hall–Kier alpha value is -1.05. The van der Waals surface area contributed by atoms with E-state index in [1.54, 1.807) is 0 Å². The summed E-state index contributed by atoms with van der Waals surface area (Å²) in [5.74, 6) is 0. The van der Waals surface area contributed by atoms with Gasteiger partial charge in [-0.1, -0.05) is 0 Å². The second-order valence-corrected chi connectivity index (χ2v) is 5.21. The molecule has 2 unspecified atom stereocenters. The molecule has 0 aromatic heterocycles. The van der Waals surface area contributed by atoms with Crippen molar-refractivity contribution in [1.82, 2.24) is 0 Å². The molecule has 1 heterocycles. The van der Waals surface area contributed by atoms with E-state index in [1.807, 2.05) is 18.2 Å². The van der Waals surface area contributed by atoms with E-state index in [1.165, 1.54) is 0 Å². The minimum absolute atomic E-state index is 0.322. The lowest BCUT2D eigenvalue weighted by Gasteiger charge is -2.28. The highest BCUT2D eigenvalue weighted by Gasteiger charge is 2.19. The van der Waals surface area contributed by atoms with Gasteiger partial charge >= 0.3 is 0 Å². The number of hydrogen-bond donors (Lipinski definition) is 1. The summed E-state index contributed by atoms with van der Waals surface area (Å²) in [5.41, 5.74) is 1.71. The van der Waals surface area contributed by atoms with Crippen LogP contribution in [-0.4, -0.2) is 18.8 Å². The highest BCUT2D eigenvalue weighted by molar-refractivity contribution is 9.10. The zero-order valence-electron chi connectivity index (χ0n) is 9.74. The second-order valence-electron chi connectivity index (χ2n) is 4.35. The van der Waals surface area contributed by atoms with Crippen LogP contribution in [0.25, 0.3) is 0 Å². The second kappa shape index (κ2) is 5.52. The van der Waals surface area contributed by atoms with Crippen LogP contribution in [0.1, 0.15) is 25.3 Å². The Bertz CT molecular complexity index is 442. The molecule has 2 atom stereocenters. The number of nitrogens with zero attached hydrogens (tertiary/aromatic N) is 1. The summed E-state index contributed by atoms with van der Waals surface area (Å²) in [4.78, 5) is 0. The molecule has 2 rings (SSSR count). The van der Waals surface area contributed by atoms with E-state index < -0.39 is 0 Å². The third-order valence-corrected chi connectivity index (χ3v) is 3.60. The lowest BCUT2D eigenvalue weighted by Crippen LogP contribution is -2.32. The summed E-state index contributed by atoms with van der Waals surface area (Å²) in [5, 5.41) is 12.3. The van der Waals surface area contributed by atoms with E-state index >= 15 is 0 Å². The molecular weight excluding hydrogens is 280 g/mol. The Morgan fingerprint density at radius 3 is 3.00 bits per heavy atom. The SMILES string of the molecule is CC1CC(Nc2ccc(C#N)c(Br)c2)CCO1. The maximum atomic E-state index is 8.85. The van der Waals surface area contributed by atoms with E-state index in [4.69, 9.17) is 10.00 Å². The van der Waals surface area contributed by atoms with Crippen LogP contribution in [0.5, 0.6) is 0 Å². The molecule has 1 fully saturated rings. The van der Waals surface area contributed by atoms with Gasteiger partial charge in [0.05, 0.1) is 11.7 Å². The number of rotatable bonds is 2. The first-order valence-electron chi connectivity index (χ1n) is 5.77. The molecule has 1 N–H and O–H groups in total. The van der Waals surface area contributed by atoms with Crippen molar-refractivity contribution in [3.8, 4) is 6.07 Å². The molecule has 1 aromatic carbocycles. The van der Waals surface area contributed by atoms with E-state index in [0.717, 1.165) is 29.6 Å². The lowest BCUT2D eigenvalue weighted by atomic mass is 10.0. The van der Waals surface area contributed by atoms with Gasteiger partial charge in [-0.25, -0.2) is 0 Å². The average molecular weight is 295 g/mol. The molecule has 0 amide bonds. The summed E-state index contributed by atoms with van der Waals surface area (Å²) in [6.45, 7) is 2.92. The quantitative estimate of drug-likeness (QED) is 0.910. The normalized spacial score (nSPS) is 24.1. The van der Waals surface area contributed by atoms with Gasteiger partial charge in [-0.3, -0.25) is 0 Å². The molecule has 1 aromatic rings. The number of nitrogens with one attached hydrogen (secondary N) is 1. The van der Waals surface area contributed by atoms with Crippen LogP contribution < -0.4 is 5.32 Å². The maximum Gasteiger partial charge on any atom is 0.100 e. The highest BCUT2D eigenvalue weighted by Crippen LogP contribution is 2.23. The van der Waals surface area contributed by atoms with Gasteiger partial charge in [0, 0.05) is 22.8 Å². The van der Waals surface area contributed by atoms with Crippen molar-refractivity contribution in [2.24, 2.45) is 0 Å². The topological polar surface area (TPSA) is 45.0 Å². The minimum atomic E-state index is 0.322. The maximum absolute atomic E-state index is 8.85. The fraction of sp³-hybridized carbons (Fsp3) is 0.462. The summed E-state index contributed by atoms with van der Waals surface area (Å²) in [6.07, 6.45) is 2.38. The summed E-state index contributed by atoms with van der Waals surface area (Å²) < 4.78 is 6.35. The first-order valence-corrected chi connectivity index (χ1v) is 6.56. The Morgan fingerprint density at radius 2 is 2.35 bits per heavy atom. The predicted molar refractivity (Wildman–Crippen MR) is 70.9 cm³/mol. The van der Waals surface area contributed by atoms with Gasteiger partial charge in [-0.05, 0) is 53.9 Å².